The van der Waals surface area contributed by atoms with E-state index in [-0.39, 0.29) is 24.2 Å². The molecule has 0 heterocycles. The van der Waals surface area contributed by atoms with Crippen molar-refractivity contribution in [3.05, 3.63) is 34.9 Å². The topological polar surface area (TPSA) is 75.3 Å². The predicted octanol–water partition coefficient (Wildman–Crippen LogP) is 1.93. The smallest absolute Gasteiger partial charge is 0.252 e. The van der Waals surface area contributed by atoms with Gasteiger partial charge in [0.1, 0.15) is 0 Å². The third-order valence-electron chi connectivity index (χ3n) is 3.48. The van der Waals surface area contributed by atoms with Crippen molar-refractivity contribution < 1.29 is 13.2 Å². The molecule has 1 aromatic carbocycles. The SMILES string of the molecule is O=C(NCCS(=O)(=O)NC1CCCC1)c1ccccc1Cl. The number of benzene rings is 1. The molecule has 1 fully saturated rings. The van der Waals surface area contributed by atoms with Gasteiger partial charge in [-0.1, -0.05) is 36.6 Å². The number of sulfonamides is 1. The summed E-state index contributed by atoms with van der Waals surface area (Å²) in [6.07, 6.45) is 3.92. The van der Waals surface area contributed by atoms with E-state index >= 15 is 0 Å². The molecule has 116 valence electrons. The lowest BCUT2D eigenvalue weighted by Crippen LogP contribution is -2.38. The highest BCUT2D eigenvalue weighted by Crippen LogP contribution is 2.18. The molecular weight excluding hydrogens is 312 g/mol. The molecule has 1 saturated carbocycles. The van der Waals surface area contributed by atoms with Crippen molar-refractivity contribution in [1.29, 1.82) is 0 Å². The van der Waals surface area contributed by atoms with Gasteiger partial charge < -0.3 is 5.32 Å². The van der Waals surface area contributed by atoms with E-state index in [1.807, 2.05) is 0 Å². The zero-order chi connectivity index (χ0) is 15.3. The minimum absolute atomic E-state index is 0.0502. The Balaban J connectivity index is 1.80. The standard InChI is InChI=1S/C14H19ClN2O3S/c15-13-8-4-3-7-12(13)14(18)16-9-10-21(19,20)17-11-5-1-2-6-11/h3-4,7-8,11,17H,1-2,5-6,9-10H2,(H,16,18). The van der Waals surface area contributed by atoms with Crippen LogP contribution < -0.4 is 10.0 Å². The quantitative estimate of drug-likeness (QED) is 0.837. The Morgan fingerprint density at radius 1 is 1.24 bits per heavy atom. The first-order valence-corrected chi connectivity index (χ1v) is 9.04. The Labute approximate surface area is 130 Å². The molecule has 0 aliphatic heterocycles. The number of hydrogen-bond acceptors (Lipinski definition) is 3. The fourth-order valence-electron chi connectivity index (χ4n) is 2.40. The van der Waals surface area contributed by atoms with Crippen molar-refractivity contribution in [2.24, 2.45) is 0 Å². The third-order valence-corrected chi connectivity index (χ3v) is 5.24. The van der Waals surface area contributed by atoms with Gasteiger partial charge in [-0.3, -0.25) is 4.79 Å². The second-order valence-corrected chi connectivity index (χ2v) is 7.43. The minimum atomic E-state index is -3.35. The van der Waals surface area contributed by atoms with Gasteiger partial charge in [0.05, 0.1) is 16.3 Å². The van der Waals surface area contributed by atoms with Crippen molar-refractivity contribution in [3.8, 4) is 0 Å². The van der Waals surface area contributed by atoms with Crippen LogP contribution in [0.2, 0.25) is 5.02 Å². The van der Waals surface area contributed by atoms with Crippen molar-refractivity contribution in [3.63, 3.8) is 0 Å². The number of hydrogen-bond donors (Lipinski definition) is 2. The van der Waals surface area contributed by atoms with Crippen LogP contribution in [0.1, 0.15) is 36.0 Å². The molecule has 0 saturated heterocycles. The first-order valence-electron chi connectivity index (χ1n) is 7.01. The normalized spacial score (nSPS) is 16.0. The number of amides is 1. The summed E-state index contributed by atoms with van der Waals surface area (Å²) in [5.74, 6) is -0.490. The van der Waals surface area contributed by atoms with E-state index < -0.39 is 10.0 Å². The molecule has 21 heavy (non-hydrogen) atoms. The highest BCUT2D eigenvalue weighted by Gasteiger charge is 2.21. The highest BCUT2D eigenvalue weighted by molar-refractivity contribution is 7.89. The average Bonchev–Trinajstić information content (AvgIpc) is 2.90. The first kappa shape index (κ1) is 16.3. The van der Waals surface area contributed by atoms with Crippen molar-refractivity contribution in [2.75, 3.05) is 12.3 Å². The molecule has 0 bridgehead atoms. The van der Waals surface area contributed by atoms with E-state index in [0.29, 0.717) is 10.6 Å². The lowest BCUT2D eigenvalue weighted by atomic mass is 10.2. The first-order chi connectivity index (χ1) is 9.98. The Bertz CT molecular complexity index is 598. The van der Waals surface area contributed by atoms with Gasteiger partial charge in [-0.25, -0.2) is 13.1 Å². The molecule has 1 aliphatic rings. The van der Waals surface area contributed by atoms with Crippen LogP contribution in [0, 0.1) is 0 Å². The molecule has 0 radical (unpaired) electrons. The molecule has 2 N–H and O–H groups in total. The average molecular weight is 331 g/mol. The maximum Gasteiger partial charge on any atom is 0.252 e. The van der Waals surface area contributed by atoms with E-state index in [4.69, 9.17) is 11.6 Å². The molecule has 2 rings (SSSR count). The molecular formula is C14H19ClN2O3S. The summed E-state index contributed by atoms with van der Waals surface area (Å²) in [6, 6.07) is 6.71. The zero-order valence-electron chi connectivity index (χ0n) is 11.6. The Morgan fingerprint density at radius 3 is 2.57 bits per heavy atom. The summed E-state index contributed by atoms with van der Waals surface area (Å²) in [5.41, 5.74) is 0.348. The number of nitrogens with one attached hydrogen (secondary N) is 2. The van der Waals surface area contributed by atoms with Gasteiger partial charge in [-0.2, -0.15) is 0 Å². The van der Waals surface area contributed by atoms with Crippen LogP contribution in [0.3, 0.4) is 0 Å². The van der Waals surface area contributed by atoms with Gasteiger partial charge in [0.15, 0.2) is 0 Å². The molecule has 0 unspecified atom stereocenters. The summed E-state index contributed by atoms with van der Waals surface area (Å²) in [7, 11) is -3.35. The second-order valence-electron chi connectivity index (χ2n) is 5.15. The fraction of sp³-hybridized carbons (Fsp3) is 0.500. The molecule has 0 spiro atoms. The van der Waals surface area contributed by atoms with Crippen LogP contribution in [0.4, 0.5) is 0 Å². The van der Waals surface area contributed by atoms with Gasteiger partial charge in [0.25, 0.3) is 5.91 Å². The molecule has 1 aliphatic carbocycles. The van der Waals surface area contributed by atoms with E-state index in [1.165, 1.54) is 0 Å². The van der Waals surface area contributed by atoms with Crippen molar-refractivity contribution in [1.82, 2.24) is 10.0 Å². The zero-order valence-corrected chi connectivity index (χ0v) is 13.2. The Morgan fingerprint density at radius 2 is 1.90 bits per heavy atom. The molecule has 0 atom stereocenters. The second kappa shape index (κ2) is 7.24. The van der Waals surface area contributed by atoms with Crippen LogP contribution >= 0.6 is 11.6 Å². The Kier molecular flexibility index (Phi) is 5.61. The van der Waals surface area contributed by atoms with Gasteiger partial charge in [-0.05, 0) is 25.0 Å². The highest BCUT2D eigenvalue weighted by atomic mass is 35.5. The fourth-order valence-corrected chi connectivity index (χ4v) is 3.85. The summed E-state index contributed by atoms with van der Waals surface area (Å²) < 4.78 is 26.4. The molecule has 1 amide bonds. The maximum absolute atomic E-state index is 11.9. The van der Waals surface area contributed by atoms with Crippen LogP contribution in [0.15, 0.2) is 24.3 Å². The van der Waals surface area contributed by atoms with Gasteiger partial charge in [0, 0.05) is 12.6 Å². The van der Waals surface area contributed by atoms with Gasteiger partial charge in [-0.15, -0.1) is 0 Å². The van der Waals surface area contributed by atoms with Crippen LogP contribution in [0.25, 0.3) is 0 Å². The van der Waals surface area contributed by atoms with Crippen LogP contribution in [0.5, 0.6) is 0 Å². The van der Waals surface area contributed by atoms with E-state index in [0.717, 1.165) is 25.7 Å². The van der Waals surface area contributed by atoms with E-state index in [1.54, 1.807) is 24.3 Å². The largest absolute Gasteiger partial charge is 0.351 e. The lowest BCUT2D eigenvalue weighted by molar-refractivity contribution is 0.0956. The predicted molar refractivity (Wildman–Crippen MR) is 83.0 cm³/mol. The van der Waals surface area contributed by atoms with E-state index in [9.17, 15) is 13.2 Å². The van der Waals surface area contributed by atoms with Crippen LogP contribution in [-0.4, -0.2) is 32.7 Å². The third kappa shape index (κ3) is 4.98. The minimum Gasteiger partial charge on any atom is -0.351 e. The van der Waals surface area contributed by atoms with Gasteiger partial charge >= 0.3 is 0 Å². The number of carbonyl (C=O) groups excluding carboxylic acids is 1. The lowest BCUT2D eigenvalue weighted by Gasteiger charge is -2.13. The summed E-state index contributed by atoms with van der Waals surface area (Å²) >= 11 is 5.91. The maximum atomic E-state index is 11.9. The summed E-state index contributed by atoms with van der Waals surface area (Å²) in [6.45, 7) is 0.0616. The molecule has 5 nitrogen and oxygen atoms in total. The molecule has 1 aromatic rings. The molecule has 7 heteroatoms. The monoisotopic (exact) mass is 330 g/mol. The summed E-state index contributed by atoms with van der Waals surface area (Å²) in [4.78, 5) is 11.9. The number of carbonyl (C=O) groups is 1. The number of rotatable bonds is 6. The summed E-state index contributed by atoms with van der Waals surface area (Å²) in [5, 5.41) is 2.93. The van der Waals surface area contributed by atoms with Crippen molar-refractivity contribution in [2.45, 2.75) is 31.7 Å². The van der Waals surface area contributed by atoms with Crippen LogP contribution in [-0.2, 0) is 10.0 Å². The number of halogens is 1. The Hall–Kier alpha value is -1.11. The molecule has 0 aromatic heterocycles. The van der Waals surface area contributed by atoms with Crippen molar-refractivity contribution >= 4 is 27.5 Å². The van der Waals surface area contributed by atoms with Gasteiger partial charge in [0.2, 0.25) is 10.0 Å². The van der Waals surface area contributed by atoms with E-state index in [2.05, 4.69) is 10.0 Å².